The summed E-state index contributed by atoms with van der Waals surface area (Å²) in [5.74, 6) is 0. The fraction of sp³-hybridized carbons (Fsp3) is 0.273. The molecular formula is C11H13ClN2. The molecule has 1 aromatic carbocycles. The molecule has 0 aliphatic carbocycles. The zero-order chi connectivity index (χ0) is 10.1. The molecule has 0 unspecified atom stereocenters. The first kappa shape index (κ1) is 9.56. The SMILES string of the molecule is CN(C)N1C=CCc2c(Cl)cccc21. The summed E-state index contributed by atoms with van der Waals surface area (Å²) in [7, 11) is 4.03. The van der Waals surface area contributed by atoms with E-state index in [9.17, 15) is 0 Å². The van der Waals surface area contributed by atoms with E-state index in [0.29, 0.717) is 0 Å². The molecule has 0 atom stereocenters. The van der Waals surface area contributed by atoms with Gasteiger partial charge in [-0.05, 0) is 24.1 Å². The molecule has 0 saturated heterocycles. The van der Waals surface area contributed by atoms with Gasteiger partial charge in [0.15, 0.2) is 0 Å². The van der Waals surface area contributed by atoms with E-state index in [4.69, 9.17) is 11.6 Å². The molecule has 0 N–H and O–H groups in total. The van der Waals surface area contributed by atoms with Crippen molar-refractivity contribution in [1.82, 2.24) is 5.01 Å². The van der Waals surface area contributed by atoms with Crippen LogP contribution in [0.1, 0.15) is 5.56 Å². The highest BCUT2D eigenvalue weighted by atomic mass is 35.5. The summed E-state index contributed by atoms with van der Waals surface area (Å²) in [6, 6.07) is 6.01. The van der Waals surface area contributed by atoms with Gasteiger partial charge in [0, 0.05) is 25.3 Å². The Kier molecular flexibility index (Phi) is 2.48. The van der Waals surface area contributed by atoms with Crippen LogP contribution in [0.5, 0.6) is 0 Å². The third-order valence-corrected chi connectivity index (χ3v) is 2.69. The number of allylic oxidation sites excluding steroid dienone is 1. The number of anilines is 1. The molecule has 1 aliphatic rings. The Morgan fingerprint density at radius 3 is 2.86 bits per heavy atom. The van der Waals surface area contributed by atoms with Gasteiger partial charge in [-0.1, -0.05) is 23.7 Å². The molecule has 0 spiro atoms. The number of rotatable bonds is 1. The third-order valence-electron chi connectivity index (χ3n) is 2.34. The lowest BCUT2D eigenvalue weighted by Gasteiger charge is -2.32. The number of fused-ring (bicyclic) bond motifs is 1. The second-order valence-electron chi connectivity index (χ2n) is 3.52. The van der Waals surface area contributed by atoms with E-state index in [-0.39, 0.29) is 0 Å². The number of hydrazine groups is 1. The van der Waals surface area contributed by atoms with E-state index >= 15 is 0 Å². The van der Waals surface area contributed by atoms with Crippen molar-refractivity contribution in [3.63, 3.8) is 0 Å². The molecule has 2 rings (SSSR count). The molecule has 14 heavy (non-hydrogen) atoms. The van der Waals surface area contributed by atoms with Crippen molar-refractivity contribution in [3.05, 3.63) is 41.1 Å². The summed E-state index contributed by atoms with van der Waals surface area (Å²) in [5.41, 5.74) is 2.37. The van der Waals surface area contributed by atoms with Gasteiger partial charge in [0.05, 0.1) is 5.69 Å². The van der Waals surface area contributed by atoms with E-state index in [2.05, 4.69) is 23.4 Å². The van der Waals surface area contributed by atoms with Crippen LogP contribution in [0.3, 0.4) is 0 Å². The molecule has 74 valence electrons. The van der Waals surface area contributed by atoms with Gasteiger partial charge in [-0.15, -0.1) is 0 Å². The van der Waals surface area contributed by atoms with Crippen LogP contribution in [0, 0.1) is 0 Å². The van der Waals surface area contributed by atoms with Crippen LogP contribution in [-0.2, 0) is 6.42 Å². The summed E-state index contributed by atoms with van der Waals surface area (Å²) < 4.78 is 0. The second-order valence-corrected chi connectivity index (χ2v) is 3.93. The molecule has 2 nitrogen and oxygen atoms in total. The van der Waals surface area contributed by atoms with Crippen molar-refractivity contribution >= 4 is 17.3 Å². The quantitative estimate of drug-likeness (QED) is 0.700. The lowest BCUT2D eigenvalue weighted by atomic mass is 10.1. The van der Waals surface area contributed by atoms with Gasteiger partial charge < -0.3 is 0 Å². The van der Waals surface area contributed by atoms with Crippen molar-refractivity contribution in [2.45, 2.75) is 6.42 Å². The minimum Gasteiger partial charge on any atom is -0.282 e. The van der Waals surface area contributed by atoms with Crippen LogP contribution in [0.2, 0.25) is 5.02 Å². The van der Waals surface area contributed by atoms with Crippen molar-refractivity contribution in [1.29, 1.82) is 0 Å². The van der Waals surface area contributed by atoms with Crippen LogP contribution in [-0.4, -0.2) is 19.1 Å². The van der Waals surface area contributed by atoms with Gasteiger partial charge in [-0.2, -0.15) is 0 Å². The molecular weight excluding hydrogens is 196 g/mol. The normalized spacial score (nSPS) is 14.7. The van der Waals surface area contributed by atoms with Gasteiger partial charge >= 0.3 is 0 Å². The predicted octanol–water partition coefficient (Wildman–Crippen LogP) is 2.69. The lowest BCUT2D eigenvalue weighted by Crippen LogP contribution is -2.34. The van der Waals surface area contributed by atoms with Crippen LogP contribution in [0.15, 0.2) is 30.5 Å². The van der Waals surface area contributed by atoms with Gasteiger partial charge in [0.1, 0.15) is 0 Å². The number of hydrogen-bond donors (Lipinski definition) is 0. The average Bonchev–Trinajstić information content (AvgIpc) is 2.17. The van der Waals surface area contributed by atoms with E-state index < -0.39 is 0 Å². The molecule has 0 aromatic heterocycles. The maximum absolute atomic E-state index is 6.13. The van der Waals surface area contributed by atoms with Crippen molar-refractivity contribution in [3.8, 4) is 0 Å². The Morgan fingerprint density at radius 1 is 1.36 bits per heavy atom. The standard InChI is InChI=1S/C11H13ClN2/c1-13(2)14-8-4-5-9-10(12)6-3-7-11(9)14/h3-4,6-8H,5H2,1-2H3. The first-order valence-corrected chi connectivity index (χ1v) is 4.98. The maximum Gasteiger partial charge on any atom is 0.0622 e. The topological polar surface area (TPSA) is 6.48 Å². The number of halogens is 1. The van der Waals surface area contributed by atoms with Gasteiger partial charge in [-0.3, -0.25) is 5.01 Å². The zero-order valence-electron chi connectivity index (χ0n) is 8.37. The van der Waals surface area contributed by atoms with E-state index in [1.54, 1.807) is 0 Å². The summed E-state index contributed by atoms with van der Waals surface area (Å²) in [5, 5.41) is 4.97. The first-order chi connectivity index (χ1) is 6.70. The molecule has 1 aliphatic heterocycles. The summed E-state index contributed by atoms with van der Waals surface area (Å²) in [6.07, 6.45) is 5.10. The molecule has 0 bridgehead atoms. The Bertz CT molecular complexity index is 372. The Morgan fingerprint density at radius 2 is 2.14 bits per heavy atom. The van der Waals surface area contributed by atoms with Crippen molar-refractivity contribution < 1.29 is 0 Å². The fourth-order valence-corrected chi connectivity index (χ4v) is 1.91. The molecule has 1 heterocycles. The fourth-order valence-electron chi connectivity index (χ4n) is 1.66. The third kappa shape index (κ3) is 1.51. The van der Waals surface area contributed by atoms with E-state index in [1.165, 1.54) is 11.3 Å². The summed E-state index contributed by atoms with van der Waals surface area (Å²) >= 11 is 6.13. The van der Waals surface area contributed by atoms with Crippen LogP contribution in [0.25, 0.3) is 0 Å². The highest BCUT2D eigenvalue weighted by Crippen LogP contribution is 2.31. The molecule has 0 radical (unpaired) electrons. The van der Waals surface area contributed by atoms with Crippen LogP contribution < -0.4 is 5.01 Å². The minimum absolute atomic E-state index is 0.846. The Balaban J connectivity index is 2.49. The Labute approximate surface area is 89.4 Å². The van der Waals surface area contributed by atoms with E-state index in [1.807, 2.05) is 31.2 Å². The highest BCUT2D eigenvalue weighted by Gasteiger charge is 2.15. The molecule has 0 saturated carbocycles. The second kappa shape index (κ2) is 3.64. The number of benzene rings is 1. The predicted molar refractivity (Wildman–Crippen MR) is 60.5 cm³/mol. The number of hydrogen-bond acceptors (Lipinski definition) is 2. The zero-order valence-corrected chi connectivity index (χ0v) is 9.12. The van der Waals surface area contributed by atoms with Crippen LogP contribution >= 0.6 is 11.6 Å². The largest absolute Gasteiger partial charge is 0.282 e. The molecule has 0 fully saturated rings. The number of nitrogens with zero attached hydrogens (tertiary/aromatic N) is 2. The highest BCUT2D eigenvalue weighted by molar-refractivity contribution is 6.31. The monoisotopic (exact) mass is 208 g/mol. The smallest absolute Gasteiger partial charge is 0.0622 e. The van der Waals surface area contributed by atoms with E-state index in [0.717, 1.165) is 11.4 Å². The van der Waals surface area contributed by atoms with Crippen molar-refractivity contribution in [2.24, 2.45) is 0 Å². The van der Waals surface area contributed by atoms with Gasteiger partial charge in [0.2, 0.25) is 0 Å². The van der Waals surface area contributed by atoms with Gasteiger partial charge in [0.25, 0.3) is 0 Å². The minimum atomic E-state index is 0.846. The lowest BCUT2D eigenvalue weighted by molar-refractivity contribution is 0.410. The average molecular weight is 209 g/mol. The summed E-state index contributed by atoms with van der Waals surface area (Å²) in [4.78, 5) is 0. The molecule has 1 aromatic rings. The molecule has 3 heteroatoms. The summed E-state index contributed by atoms with van der Waals surface area (Å²) in [6.45, 7) is 0. The molecule has 0 amide bonds. The van der Waals surface area contributed by atoms with Crippen molar-refractivity contribution in [2.75, 3.05) is 19.1 Å². The maximum atomic E-state index is 6.13. The van der Waals surface area contributed by atoms with Gasteiger partial charge in [-0.25, -0.2) is 5.01 Å². The van der Waals surface area contributed by atoms with Crippen LogP contribution in [0.4, 0.5) is 5.69 Å². The first-order valence-electron chi connectivity index (χ1n) is 4.60. The Hall–Kier alpha value is -0.990.